The number of aryl methyl sites for hydroxylation is 1. The van der Waals surface area contributed by atoms with Gasteiger partial charge in [0.15, 0.2) is 0 Å². The number of carbonyl (C=O) groups excluding carboxylic acids is 1. The maximum absolute atomic E-state index is 12.1. The molecule has 0 aliphatic carbocycles. The molecule has 5 heteroatoms. The molecule has 0 spiro atoms. The summed E-state index contributed by atoms with van der Waals surface area (Å²) in [6.07, 6.45) is 1.90. The monoisotopic (exact) mass is 328 g/mol. The first-order chi connectivity index (χ1) is 11.4. The third-order valence-electron chi connectivity index (χ3n) is 4.09. The van der Waals surface area contributed by atoms with E-state index in [2.05, 4.69) is 10.3 Å². The van der Waals surface area contributed by atoms with E-state index >= 15 is 0 Å². The van der Waals surface area contributed by atoms with Crippen LogP contribution >= 0.6 is 0 Å². The van der Waals surface area contributed by atoms with E-state index in [0.717, 1.165) is 17.0 Å². The van der Waals surface area contributed by atoms with E-state index in [1.807, 2.05) is 49.4 Å². The fourth-order valence-corrected chi connectivity index (χ4v) is 2.71. The molecular formula is C19H24N2O3. The minimum atomic E-state index is -1.20. The molecule has 2 rings (SSSR count). The molecule has 24 heavy (non-hydrogen) atoms. The van der Waals surface area contributed by atoms with Crippen molar-refractivity contribution in [2.24, 2.45) is 0 Å². The molecule has 0 bridgehead atoms. The Hall–Kier alpha value is -2.56. The molecule has 0 aliphatic heterocycles. The van der Waals surface area contributed by atoms with Crippen molar-refractivity contribution in [1.82, 2.24) is 10.3 Å². The molecule has 5 nitrogen and oxygen atoms in total. The second kappa shape index (κ2) is 7.81. The summed E-state index contributed by atoms with van der Waals surface area (Å²) in [7, 11) is 0. The second-order valence-corrected chi connectivity index (χ2v) is 6.20. The summed E-state index contributed by atoms with van der Waals surface area (Å²) < 4.78 is 0. The second-order valence-electron chi connectivity index (χ2n) is 6.20. The Morgan fingerprint density at radius 3 is 2.50 bits per heavy atom. The molecule has 0 fully saturated rings. The zero-order valence-electron chi connectivity index (χ0n) is 14.1. The summed E-state index contributed by atoms with van der Waals surface area (Å²) in [6.45, 7) is 3.45. The van der Waals surface area contributed by atoms with Crippen LogP contribution in [0.3, 0.4) is 0 Å². The molecule has 1 unspecified atom stereocenters. The lowest BCUT2D eigenvalue weighted by atomic mass is 9.96. The van der Waals surface area contributed by atoms with Gasteiger partial charge < -0.3 is 15.4 Å². The van der Waals surface area contributed by atoms with Crippen molar-refractivity contribution >= 4 is 11.9 Å². The lowest BCUT2D eigenvalue weighted by molar-refractivity contribution is -0.147. The van der Waals surface area contributed by atoms with Crippen LogP contribution in [-0.2, 0) is 16.0 Å². The van der Waals surface area contributed by atoms with Gasteiger partial charge in [0.2, 0.25) is 5.91 Å². The van der Waals surface area contributed by atoms with Crippen molar-refractivity contribution < 1.29 is 14.7 Å². The van der Waals surface area contributed by atoms with Gasteiger partial charge in [0, 0.05) is 17.8 Å². The van der Waals surface area contributed by atoms with Crippen LogP contribution in [0.25, 0.3) is 11.3 Å². The summed E-state index contributed by atoms with van der Waals surface area (Å²) in [6, 6.07) is 13.9. The number of aliphatic carboxylic acids is 1. The number of rotatable bonds is 8. The van der Waals surface area contributed by atoms with Crippen molar-refractivity contribution in [3.8, 4) is 11.3 Å². The zero-order chi connectivity index (χ0) is 17.6. The number of carboxylic acids is 1. The Kier molecular flexibility index (Phi) is 5.79. The van der Waals surface area contributed by atoms with Crippen LogP contribution in [0.4, 0.5) is 0 Å². The number of H-pyrrole nitrogens is 1. The number of benzene rings is 1. The summed E-state index contributed by atoms with van der Waals surface area (Å²) in [5.74, 6) is -1.24. The molecule has 3 N–H and O–H groups in total. The van der Waals surface area contributed by atoms with E-state index in [1.165, 1.54) is 0 Å². The lowest BCUT2D eigenvalue weighted by Gasteiger charge is -2.25. The minimum absolute atomic E-state index is 0.246. The van der Waals surface area contributed by atoms with Crippen molar-refractivity contribution in [3.63, 3.8) is 0 Å². The molecule has 0 saturated carbocycles. The molecule has 0 saturated heterocycles. The first-order valence-corrected chi connectivity index (χ1v) is 8.22. The van der Waals surface area contributed by atoms with Gasteiger partial charge in [0.1, 0.15) is 5.54 Å². The maximum atomic E-state index is 12.1. The predicted molar refractivity (Wildman–Crippen MR) is 93.6 cm³/mol. The standard InChI is InChI=1S/C19H24N2O3/c1-3-13-19(2,18(23)24)21-17(22)12-10-15-9-11-16(20-15)14-7-5-4-6-8-14/h4-9,11,20H,3,10,12-13H2,1-2H3,(H,21,22)(H,23,24). The summed E-state index contributed by atoms with van der Waals surface area (Å²) in [5, 5.41) is 12.0. The summed E-state index contributed by atoms with van der Waals surface area (Å²) in [5.41, 5.74) is 1.86. The Labute approximate surface area is 142 Å². The average molecular weight is 328 g/mol. The van der Waals surface area contributed by atoms with Gasteiger partial charge in [-0.1, -0.05) is 43.7 Å². The van der Waals surface area contributed by atoms with Crippen LogP contribution in [-0.4, -0.2) is 27.5 Å². The van der Waals surface area contributed by atoms with Crippen LogP contribution < -0.4 is 5.32 Å². The molecule has 0 aliphatic rings. The van der Waals surface area contributed by atoms with Crippen LogP contribution in [0.5, 0.6) is 0 Å². The first kappa shape index (κ1) is 17.8. The highest BCUT2D eigenvalue weighted by Gasteiger charge is 2.33. The Bertz CT molecular complexity index is 694. The molecule has 1 aromatic carbocycles. The van der Waals surface area contributed by atoms with Gasteiger partial charge in [0.25, 0.3) is 0 Å². The number of carbonyl (C=O) groups is 2. The number of aromatic amines is 1. The maximum Gasteiger partial charge on any atom is 0.329 e. The molecule has 1 atom stereocenters. The molecular weight excluding hydrogens is 304 g/mol. The average Bonchev–Trinajstić information content (AvgIpc) is 3.03. The molecule has 1 aromatic heterocycles. The van der Waals surface area contributed by atoms with Crippen LogP contribution in [0.2, 0.25) is 0 Å². The van der Waals surface area contributed by atoms with Gasteiger partial charge in [-0.15, -0.1) is 0 Å². The fourth-order valence-electron chi connectivity index (χ4n) is 2.71. The third kappa shape index (κ3) is 4.47. The van der Waals surface area contributed by atoms with Gasteiger partial charge in [0.05, 0.1) is 0 Å². The lowest BCUT2D eigenvalue weighted by Crippen LogP contribution is -2.52. The highest BCUT2D eigenvalue weighted by atomic mass is 16.4. The van der Waals surface area contributed by atoms with Crippen LogP contribution in [0.15, 0.2) is 42.5 Å². The third-order valence-corrected chi connectivity index (χ3v) is 4.09. The summed E-state index contributed by atoms with van der Waals surface area (Å²) in [4.78, 5) is 26.8. The van der Waals surface area contributed by atoms with E-state index in [-0.39, 0.29) is 12.3 Å². The van der Waals surface area contributed by atoms with E-state index in [1.54, 1.807) is 6.92 Å². The number of amides is 1. The van der Waals surface area contributed by atoms with Crippen LogP contribution in [0, 0.1) is 0 Å². The van der Waals surface area contributed by atoms with Crippen LogP contribution in [0.1, 0.15) is 38.8 Å². The summed E-state index contributed by atoms with van der Waals surface area (Å²) >= 11 is 0. The first-order valence-electron chi connectivity index (χ1n) is 8.22. The number of hydrogen-bond donors (Lipinski definition) is 3. The SMILES string of the molecule is CCCC(C)(NC(=O)CCc1ccc(-c2ccccc2)[nH]1)C(=O)O. The molecule has 1 amide bonds. The largest absolute Gasteiger partial charge is 0.480 e. The number of hydrogen-bond acceptors (Lipinski definition) is 2. The molecule has 2 aromatic rings. The number of carboxylic acid groups (broad SMARTS) is 1. The smallest absolute Gasteiger partial charge is 0.329 e. The number of aromatic nitrogens is 1. The van der Waals surface area contributed by atoms with Crippen molar-refractivity contribution in [1.29, 1.82) is 0 Å². The highest BCUT2D eigenvalue weighted by molar-refractivity contribution is 5.86. The number of nitrogens with one attached hydrogen (secondary N) is 2. The van der Waals surface area contributed by atoms with Gasteiger partial charge in [-0.3, -0.25) is 4.79 Å². The van der Waals surface area contributed by atoms with Crippen molar-refractivity contribution in [2.75, 3.05) is 0 Å². The van der Waals surface area contributed by atoms with Crippen molar-refractivity contribution in [3.05, 3.63) is 48.2 Å². The minimum Gasteiger partial charge on any atom is -0.480 e. The van der Waals surface area contributed by atoms with E-state index in [9.17, 15) is 14.7 Å². The highest BCUT2D eigenvalue weighted by Crippen LogP contribution is 2.19. The van der Waals surface area contributed by atoms with E-state index < -0.39 is 11.5 Å². The van der Waals surface area contributed by atoms with Gasteiger partial charge in [-0.25, -0.2) is 4.79 Å². The molecule has 1 heterocycles. The van der Waals surface area contributed by atoms with E-state index in [4.69, 9.17) is 0 Å². The molecule has 128 valence electrons. The van der Waals surface area contributed by atoms with Gasteiger partial charge >= 0.3 is 5.97 Å². The van der Waals surface area contributed by atoms with Gasteiger partial charge in [-0.05, 0) is 37.5 Å². The van der Waals surface area contributed by atoms with E-state index in [0.29, 0.717) is 19.3 Å². The topological polar surface area (TPSA) is 82.2 Å². The van der Waals surface area contributed by atoms with Crippen molar-refractivity contribution in [2.45, 2.75) is 45.1 Å². The predicted octanol–water partition coefficient (Wildman–Crippen LogP) is 3.37. The Morgan fingerprint density at radius 1 is 1.17 bits per heavy atom. The molecule has 0 radical (unpaired) electrons. The zero-order valence-corrected chi connectivity index (χ0v) is 14.1. The van der Waals surface area contributed by atoms with Gasteiger partial charge in [-0.2, -0.15) is 0 Å². The Morgan fingerprint density at radius 2 is 1.88 bits per heavy atom. The fraction of sp³-hybridized carbons (Fsp3) is 0.368. The Balaban J connectivity index is 1.93. The quantitative estimate of drug-likeness (QED) is 0.695. The normalized spacial score (nSPS) is 13.2.